The Bertz CT molecular complexity index is 606. The van der Waals surface area contributed by atoms with Gasteiger partial charge in [0.05, 0.1) is 0 Å². The van der Waals surface area contributed by atoms with Gasteiger partial charge in [-0.2, -0.15) is 5.10 Å². The van der Waals surface area contributed by atoms with Crippen LogP contribution in [0, 0.1) is 5.41 Å². The number of rotatable bonds is 2. The van der Waals surface area contributed by atoms with E-state index in [2.05, 4.69) is 36.3 Å². The normalized spacial score (nSPS) is 15.4. The van der Waals surface area contributed by atoms with E-state index in [-0.39, 0.29) is 28.6 Å². The molecule has 2 rings (SSSR count). The number of carbonyl (C=O) groups excluding carboxylic acids is 2. The van der Waals surface area contributed by atoms with Gasteiger partial charge in [0, 0.05) is 38.8 Å². The van der Waals surface area contributed by atoms with E-state index in [1.54, 1.807) is 9.80 Å². The maximum atomic E-state index is 12.3. The molecule has 0 radical (unpaired) electrons. The predicted octanol–water partition coefficient (Wildman–Crippen LogP) is 0.283. The summed E-state index contributed by atoms with van der Waals surface area (Å²) in [4.78, 5) is 38.7. The number of piperazine rings is 1. The highest BCUT2D eigenvalue weighted by molar-refractivity contribution is 5.92. The van der Waals surface area contributed by atoms with Crippen molar-refractivity contribution in [1.82, 2.24) is 25.3 Å². The highest BCUT2D eigenvalue weighted by Gasteiger charge is 2.26. The predicted molar refractivity (Wildman–Crippen MR) is 85.2 cm³/mol. The molecule has 8 nitrogen and oxygen atoms in total. The van der Waals surface area contributed by atoms with Crippen LogP contribution in [-0.2, 0) is 0 Å². The molecule has 0 unspecified atom stereocenters. The van der Waals surface area contributed by atoms with Crippen molar-refractivity contribution < 1.29 is 9.59 Å². The van der Waals surface area contributed by atoms with Crippen LogP contribution in [0.2, 0.25) is 0 Å². The number of aromatic amines is 1. The van der Waals surface area contributed by atoms with Gasteiger partial charge in [0.15, 0.2) is 0 Å². The molecule has 0 saturated carbocycles. The third kappa shape index (κ3) is 4.80. The number of hydrogen-bond acceptors (Lipinski definition) is 4. The fourth-order valence-corrected chi connectivity index (χ4v) is 2.19. The van der Waals surface area contributed by atoms with Crippen molar-refractivity contribution in [1.29, 1.82) is 0 Å². The lowest BCUT2D eigenvalue weighted by Crippen LogP contribution is -2.54. The maximum Gasteiger partial charge on any atom is 0.317 e. The second-order valence-electron chi connectivity index (χ2n) is 6.81. The third-order valence-corrected chi connectivity index (χ3v) is 3.52. The largest absolute Gasteiger partial charge is 0.337 e. The molecule has 1 saturated heterocycles. The van der Waals surface area contributed by atoms with Crippen molar-refractivity contribution in [2.24, 2.45) is 5.41 Å². The van der Waals surface area contributed by atoms with Crippen molar-refractivity contribution in [3.63, 3.8) is 0 Å². The fourth-order valence-electron chi connectivity index (χ4n) is 2.19. The molecule has 23 heavy (non-hydrogen) atoms. The SMILES string of the molecule is CC(C)(C)CNC(=O)N1CCN(C(=O)c2ccc(=O)[nH]n2)CC1. The van der Waals surface area contributed by atoms with Crippen molar-refractivity contribution >= 4 is 11.9 Å². The summed E-state index contributed by atoms with van der Waals surface area (Å²) >= 11 is 0. The van der Waals surface area contributed by atoms with Crippen LogP contribution < -0.4 is 10.9 Å². The molecule has 0 atom stereocenters. The van der Waals surface area contributed by atoms with Gasteiger partial charge >= 0.3 is 6.03 Å². The minimum Gasteiger partial charge on any atom is -0.337 e. The van der Waals surface area contributed by atoms with E-state index < -0.39 is 0 Å². The zero-order valence-electron chi connectivity index (χ0n) is 13.8. The molecule has 2 heterocycles. The quantitative estimate of drug-likeness (QED) is 0.817. The van der Waals surface area contributed by atoms with E-state index in [1.165, 1.54) is 12.1 Å². The van der Waals surface area contributed by atoms with Gasteiger partial charge < -0.3 is 15.1 Å². The van der Waals surface area contributed by atoms with Crippen LogP contribution in [0.25, 0.3) is 0 Å². The molecule has 126 valence electrons. The molecular weight excluding hydrogens is 298 g/mol. The minimum atomic E-state index is -0.345. The molecular formula is C15H23N5O3. The summed E-state index contributed by atoms with van der Waals surface area (Å²) in [5.41, 5.74) is -0.110. The first-order valence-corrected chi connectivity index (χ1v) is 7.64. The Morgan fingerprint density at radius 1 is 1.17 bits per heavy atom. The topological polar surface area (TPSA) is 98.4 Å². The number of urea groups is 1. The lowest BCUT2D eigenvalue weighted by Gasteiger charge is -2.35. The molecule has 0 spiro atoms. The van der Waals surface area contributed by atoms with Crippen LogP contribution in [0.4, 0.5) is 4.79 Å². The van der Waals surface area contributed by atoms with Gasteiger partial charge in [-0.1, -0.05) is 20.8 Å². The van der Waals surface area contributed by atoms with Crippen LogP contribution in [0.3, 0.4) is 0 Å². The average molecular weight is 321 g/mol. The molecule has 0 aliphatic carbocycles. The lowest BCUT2D eigenvalue weighted by molar-refractivity contribution is 0.0657. The lowest BCUT2D eigenvalue weighted by atomic mass is 9.97. The van der Waals surface area contributed by atoms with Gasteiger partial charge in [0.2, 0.25) is 0 Å². The molecule has 2 N–H and O–H groups in total. The van der Waals surface area contributed by atoms with Gasteiger partial charge in [-0.15, -0.1) is 0 Å². The fraction of sp³-hybridized carbons (Fsp3) is 0.600. The second-order valence-corrected chi connectivity index (χ2v) is 6.81. The van der Waals surface area contributed by atoms with E-state index in [0.717, 1.165) is 0 Å². The van der Waals surface area contributed by atoms with E-state index in [0.29, 0.717) is 32.7 Å². The Morgan fingerprint density at radius 2 is 1.78 bits per heavy atom. The van der Waals surface area contributed by atoms with E-state index in [4.69, 9.17) is 0 Å². The number of nitrogens with zero attached hydrogens (tertiary/aromatic N) is 3. The highest BCUT2D eigenvalue weighted by Crippen LogP contribution is 2.11. The Morgan fingerprint density at radius 3 is 2.30 bits per heavy atom. The Kier molecular flexibility index (Phi) is 5.02. The standard InChI is InChI=1S/C15H23N5O3/c1-15(2,3)10-16-14(23)20-8-6-19(7-9-20)13(22)11-4-5-12(21)18-17-11/h4-5H,6-10H2,1-3H3,(H,16,23)(H,18,21). The van der Waals surface area contributed by atoms with Crippen LogP contribution >= 0.6 is 0 Å². The van der Waals surface area contributed by atoms with Crippen molar-refractivity contribution in [2.45, 2.75) is 20.8 Å². The summed E-state index contributed by atoms with van der Waals surface area (Å²) < 4.78 is 0. The molecule has 3 amide bonds. The molecule has 1 aromatic rings. The number of nitrogens with one attached hydrogen (secondary N) is 2. The molecule has 1 fully saturated rings. The Hall–Kier alpha value is -2.38. The van der Waals surface area contributed by atoms with Crippen molar-refractivity contribution in [3.8, 4) is 0 Å². The summed E-state index contributed by atoms with van der Waals surface area (Å²) in [7, 11) is 0. The van der Waals surface area contributed by atoms with Gasteiger partial charge in [-0.3, -0.25) is 9.59 Å². The van der Waals surface area contributed by atoms with Gasteiger partial charge in [-0.05, 0) is 11.5 Å². The molecule has 0 bridgehead atoms. The smallest absolute Gasteiger partial charge is 0.317 e. The highest BCUT2D eigenvalue weighted by atomic mass is 16.2. The van der Waals surface area contributed by atoms with Crippen molar-refractivity contribution in [3.05, 3.63) is 28.2 Å². The summed E-state index contributed by atoms with van der Waals surface area (Å²) in [6.45, 7) is 8.62. The first-order valence-electron chi connectivity index (χ1n) is 7.64. The van der Waals surface area contributed by atoms with Gasteiger partial charge in [0.25, 0.3) is 11.5 Å². The van der Waals surface area contributed by atoms with Crippen LogP contribution in [0.1, 0.15) is 31.3 Å². The monoisotopic (exact) mass is 321 g/mol. The van der Waals surface area contributed by atoms with Gasteiger partial charge in [0.1, 0.15) is 5.69 Å². The average Bonchev–Trinajstić information content (AvgIpc) is 2.52. The summed E-state index contributed by atoms with van der Waals surface area (Å²) in [6.07, 6.45) is 0. The third-order valence-electron chi connectivity index (χ3n) is 3.52. The number of hydrogen-bond donors (Lipinski definition) is 2. The first-order chi connectivity index (χ1) is 10.8. The molecule has 0 aromatic carbocycles. The van der Waals surface area contributed by atoms with E-state index in [1.807, 2.05) is 0 Å². The Balaban J connectivity index is 1.86. The zero-order chi connectivity index (χ0) is 17.0. The summed E-state index contributed by atoms with van der Waals surface area (Å²) in [5, 5.41) is 8.90. The van der Waals surface area contributed by atoms with Crippen LogP contribution in [0.15, 0.2) is 16.9 Å². The summed E-state index contributed by atoms with van der Waals surface area (Å²) in [6, 6.07) is 2.58. The van der Waals surface area contributed by atoms with Crippen LogP contribution in [0.5, 0.6) is 0 Å². The number of carbonyl (C=O) groups is 2. The number of amides is 3. The molecule has 1 aliphatic rings. The molecule has 8 heteroatoms. The minimum absolute atomic E-state index is 0.0311. The second kappa shape index (κ2) is 6.80. The molecule has 1 aromatic heterocycles. The molecule has 1 aliphatic heterocycles. The van der Waals surface area contributed by atoms with E-state index >= 15 is 0 Å². The van der Waals surface area contributed by atoms with Crippen LogP contribution in [-0.4, -0.2) is 64.7 Å². The number of aromatic nitrogens is 2. The summed E-state index contributed by atoms with van der Waals surface area (Å²) in [5.74, 6) is -0.240. The zero-order valence-corrected chi connectivity index (χ0v) is 13.8. The Labute approximate surface area is 134 Å². The van der Waals surface area contributed by atoms with E-state index in [9.17, 15) is 14.4 Å². The van der Waals surface area contributed by atoms with Gasteiger partial charge in [-0.25, -0.2) is 9.89 Å². The first kappa shape index (κ1) is 17.0. The number of H-pyrrole nitrogens is 1. The van der Waals surface area contributed by atoms with Crippen molar-refractivity contribution in [2.75, 3.05) is 32.7 Å². The maximum absolute atomic E-state index is 12.3.